The van der Waals surface area contributed by atoms with E-state index in [1.54, 1.807) is 33.2 Å². The van der Waals surface area contributed by atoms with Crippen LogP contribution in [0, 0.1) is 12.3 Å². The van der Waals surface area contributed by atoms with Crippen LogP contribution < -0.4 is 14.4 Å². The summed E-state index contributed by atoms with van der Waals surface area (Å²) in [6, 6.07) is 11.2. The van der Waals surface area contributed by atoms with E-state index in [1.807, 2.05) is 57.3 Å². The fourth-order valence-electron chi connectivity index (χ4n) is 4.34. The fourth-order valence-corrected chi connectivity index (χ4v) is 4.53. The van der Waals surface area contributed by atoms with Gasteiger partial charge in [0, 0.05) is 55.7 Å². The van der Waals surface area contributed by atoms with E-state index in [0.29, 0.717) is 47.7 Å². The number of para-hydroxylation sites is 1. The van der Waals surface area contributed by atoms with Crippen molar-refractivity contribution < 1.29 is 24.1 Å². The van der Waals surface area contributed by atoms with E-state index in [1.165, 1.54) is 0 Å². The first kappa shape index (κ1) is 37.0. The number of hydrogen-bond donors (Lipinski definition) is 1. The summed E-state index contributed by atoms with van der Waals surface area (Å²) < 4.78 is 16.2. The minimum atomic E-state index is -0.167. The van der Waals surface area contributed by atoms with Gasteiger partial charge in [-0.05, 0) is 77.1 Å². The molecule has 0 radical (unpaired) electrons. The van der Waals surface area contributed by atoms with E-state index in [2.05, 4.69) is 28.7 Å². The van der Waals surface area contributed by atoms with Crippen molar-refractivity contribution in [2.24, 2.45) is 5.41 Å². The summed E-state index contributed by atoms with van der Waals surface area (Å²) in [6.07, 6.45) is 7.31. The molecular formula is C35H50ClN3O5. The lowest BCUT2D eigenvalue weighted by atomic mass is 9.82. The minimum absolute atomic E-state index is 0.167. The monoisotopic (exact) mass is 627 g/mol. The van der Waals surface area contributed by atoms with Crippen LogP contribution in [0.1, 0.15) is 65.6 Å². The molecule has 0 atom stereocenters. The van der Waals surface area contributed by atoms with Gasteiger partial charge in [0.25, 0.3) is 0 Å². The first-order chi connectivity index (χ1) is 20.9. The quantitative estimate of drug-likeness (QED) is 0.184. The predicted octanol–water partition coefficient (Wildman–Crippen LogP) is 7.36. The largest absolute Gasteiger partial charge is 0.488 e. The van der Waals surface area contributed by atoms with Gasteiger partial charge in [-0.15, -0.1) is 0 Å². The topological polar surface area (TPSA) is 94.0 Å². The summed E-state index contributed by atoms with van der Waals surface area (Å²) in [5, 5.41) is 8.63. The van der Waals surface area contributed by atoms with Crippen molar-refractivity contribution in [3.63, 3.8) is 0 Å². The van der Waals surface area contributed by atoms with Gasteiger partial charge in [0.05, 0.1) is 28.7 Å². The van der Waals surface area contributed by atoms with Gasteiger partial charge < -0.3 is 29.0 Å². The number of carbonyl (C=O) groups is 1. The molecule has 4 rings (SSSR count). The van der Waals surface area contributed by atoms with Crippen molar-refractivity contribution in [3.05, 3.63) is 65.1 Å². The molecule has 0 saturated carbocycles. The zero-order valence-corrected chi connectivity index (χ0v) is 28.4. The number of piperidine rings is 1. The third kappa shape index (κ3) is 12.4. The van der Waals surface area contributed by atoms with E-state index in [4.69, 9.17) is 30.9 Å². The van der Waals surface area contributed by atoms with Gasteiger partial charge in [-0.2, -0.15) is 0 Å². The van der Waals surface area contributed by atoms with Crippen LogP contribution in [0.3, 0.4) is 0 Å². The molecule has 2 aromatic heterocycles. The molecule has 1 aliphatic heterocycles. The summed E-state index contributed by atoms with van der Waals surface area (Å²) in [6.45, 7) is 16.7. The average Bonchev–Trinajstić information content (AvgIpc) is 2.98. The molecule has 242 valence electrons. The highest BCUT2D eigenvalue weighted by Gasteiger charge is 2.29. The third-order valence-electron chi connectivity index (χ3n) is 7.02. The molecule has 9 heteroatoms. The first-order valence-electron chi connectivity index (χ1n) is 15.2. The standard InChI is InChI=1S/C28H32ClN3O3.C4H10O.C3H8O/c1-20-22(10-15-33)27(32-13-11-28(2,3)12-14-32)23(19-30-20)25-9-8-21(18-31-25)34-16-17-35-26-7-5-4-6-24(26)29;1-4(2)5-3;1-3(2)4/h4-9,15,18-19H,10-14,16-17H2,1-3H3;4H,1-3H3;3-4H,1-2H3. The van der Waals surface area contributed by atoms with Crippen LogP contribution in [0.25, 0.3) is 11.3 Å². The average molecular weight is 628 g/mol. The SMILES string of the molecule is CC(C)O.COC(C)C.Cc1ncc(-c2ccc(OCCOc3ccccc3Cl)cn2)c(N2CCC(C)(C)CC2)c1CC=O. The second-order valence-electron chi connectivity index (χ2n) is 12.0. The van der Waals surface area contributed by atoms with Crippen molar-refractivity contribution in [1.29, 1.82) is 0 Å². The third-order valence-corrected chi connectivity index (χ3v) is 7.33. The predicted molar refractivity (Wildman–Crippen MR) is 179 cm³/mol. The molecule has 0 aliphatic carbocycles. The summed E-state index contributed by atoms with van der Waals surface area (Å²) in [7, 11) is 1.70. The van der Waals surface area contributed by atoms with Gasteiger partial charge in [-0.1, -0.05) is 37.6 Å². The Kier molecular flexibility index (Phi) is 15.6. The van der Waals surface area contributed by atoms with Crippen LogP contribution in [-0.2, 0) is 16.0 Å². The fraction of sp³-hybridized carbons (Fsp3) is 0.514. The molecule has 0 spiro atoms. The summed E-state index contributed by atoms with van der Waals surface area (Å²) in [5.74, 6) is 1.30. The molecule has 0 unspecified atom stereocenters. The number of pyridine rings is 2. The molecule has 0 amide bonds. The van der Waals surface area contributed by atoms with Crippen molar-refractivity contribution in [1.82, 2.24) is 9.97 Å². The Morgan fingerprint density at radius 3 is 2.16 bits per heavy atom. The van der Waals surface area contributed by atoms with Gasteiger partial charge in [-0.3, -0.25) is 9.97 Å². The number of aliphatic hydroxyl groups is 1. The Labute approximate surface area is 268 Å². The number of methoxy groups -OCH3 is 1. The molecule has 1 N–H and O–H groups in total. The minimum Gasteiger partial charge on any atom is -0.488 e. The Morgan fingerprint density at radius 1 is 1.00 bits per heavy atom. The van der Waals surface area contributed by atoms with Gasteiger partial charge in [0.1, 0.15) is 31.0 Å². The second-order valence-corrected chi connectivity index (χ2v) is 12.4. The number of aldehydes is 1. The Balaban J connectivity index is 0.000000660. The van der Waals surface area contributed by atoms with Gasteiger partial charge >= 0.3 is 0 Å². The van der Waals surface area contributed by atoms with Crippen molar-refractivity contribution in [2.75, 3.05) is 38.3 Å². The number of carbonyl (C=O) groups excluding carboxylic acids is 1. The maximum Gasteiger partial charge on any atom is 0.138 e. The van der Waals surface area contributed by atoms with Crippen LogP contribution >= 0.6 is 11.6 Å². The highest BCUT2D eigenvalue weighted by molar-refractivity contribution is 6.32. The number of aromatic nitrogens is 2. The molecular weight excluding hydrogens is 578 g/mol. The zero-order valence-electron chi connectivity index (χ0n) is 27.6. The highest BCUT2D eigenvalue weighted by atomic mass is 35.5. The molecule has 3 aromatic rings. The second kappa shape index (κ2) is 18.6. The van der Waals surface area contributed by atoms with Crippen LogP contribution in [-0.4, -0.2) is 67.0 Å². The Bertz CT molecular complexity index is 1270. The lowest BCUT2D eigenvalue weighted by Crippen LogP contribution is -2.38. The van der Waals surface area contributed by atoms with E-state index < -0.39 is 0 Å². The van der Waals surface area contributed by atoms with Crippen LogP contribution in [0.2, 0.25) is 5.02 Å². The number of benzene rings is 1. The molecule has 0 bridgehead atoms. The molecule has 8 nitrogen and oxygen atoms in total. The van der Waals surface area contributed by atoms with Crippen LogP contribution in [0.4, 0.5) is 5.69 Å². The maximum absolute atomic E-state index is 11.5. The van der Waals surface area contributed by atoms with E-state index in [-0.39, 0.29) is 6.10 Å². The van der Waals surface area contributed by atoms with E-state index >= 15 is 0 Å². The van der Waals surface area contributed by atoms with Crippen molar-refractivity contribution in [2.45, 2.75) is 79.9 Å². The summed E-state index contributed by atoms with van der Waals surface area (Å²) in [4.78, 5) is 23.2. The molecule has 3 heterocycles. The number of halogens is 1. The number of ether oxygens (including phenoxy) is 3. The molecule has 1 fully saturated rings. The normalized spacial score (nSPS) is 13.9. The van der Waals surface area contributed by atoms with Gasteiger partial charge in [0.2, 0.25) is 0 Å². The summed E-state index contributed by atoms with van der Waals surface area (Å²) in [5.41, 5.74) is 5.03. The molecule has 44 heavy (non-hydrogen) atoms. The number of rotatable bonds is 10. The lowest BCUT2D eigenvalue weighted by molar-refractivity contribution is -0.107. The van der Waals surface area contributed by atoms with E-state index in [0.717, 1.165) is 60.4 Å². The number of aryl methyl sites for hydroxylation is 1. The number of nitrogens with zero attached hydrogens (tertiary/aromatic N) is 3. The molecule has 1 aromatic carbocycles. The van der Waals surface area contributed by atoms with E-state index in [9.17, 15) is 4.79 Å². The Hall–Kier alpha value is -3.20. The van der Waals surface area contributed by atoms with Crippen LogP contribution in [0.15, 0.2) is 48.8 Å². The summed E-state index contributed by atoms with van der Waals surface area (Å²) >= 11 is 6.12. The molecule has 1 saturated heterocycles. The number of anilines is 1. The number of aliphatic hydroxyl groups excluding tert-OH is 1. The zero-order chi connectivity index (χ0) is 32.7. The maximum atomic E-state index is 11.5. The van der Waals surface area contributed by atoms with Crippen molar-refractivity contribution in [3.8, 4) is 22.8 Å². The molecule has 1 aliphatic rings. The Morgan fingerprint density at radius 2 is 1.61 bits per heavy atom. The smallest absolute Gasteiger partial charge is 0.138 e. The number of hydrogen-bond acceptors (Lipinski definition) is 8. The highest BCUT2D eigenvalue weighted by Crippen LogP contribution is 2.39. The van der Waals surface area contributed by atoms with Crippen molar-refractivity contribution >= 4 is 23.6 Å². The van der Waals surface area contributed by atoms with Crippen LogP contribution in [0.5, 0.6) is 11.5 Å². The van der Waals surface area contributed by atoms with Gasteiger partial charge in [0.15, 0.2) is 0 Å². The van der Waals surface area contributed by atoms with Gasteiger partial charge in [-0.25, -0.2) is 0 Å². The first-order valence-corrected chi connectivity index (χ1v) is 15.6. The lowest BCUT2D eigenvalue weighted by Gasteiger charge is -2.40.